The van der Waals surface area contributed by atoms with Gasteiger partial charge in [-0.15, -0.1) is 11.3 Å². The predicted molar refractivity (Wildman–Crippen MR) is 103 cm³/mol. The Morgan fingerprint density at radius 1 is 1.23 bits per heavy atom. The molecular weight excluding hydrogens is 346 g/mol. The number of thiazole rings is 1. The number of carbonyl (C=O) groups excluding carboxylic acids is 1. The Hall–Kier alpha value is -1.76. The molecule has 2 aliphatic rings. The van der Waals surface area contributed by atoms with Crippen molar-refractivity contribution in [2.75, 3.05) is 39.4 Å². The molecule has 4 rings (SSSR count). The molecule has 2 fully saturated rings. The van der Waals surface area contributed by atoms with Crippen molar-refractivity contribution in [3.63, 3.8) is 0 Å². The summed E-state index contributed by atoms with van der Waals surface area (Å²) in [5.74, 6) is 0.154. The number of aromatic nitrogens is 1. The summed E-state index contributed by atoms with van der Waals surface area (Å²) < 4.78 is 5.45. The summed E-state index contributed by atoms with van der Waals surface area (Å²) in [4.78, 5) is 22.1. The Kier molecular flexibility index (Phi) is 5.62. The molecule has 3 heterocycles. The van der Waals surface area contributed by atoms with Crippen LogP contribution in [0.1, 0.15) is 29.6 Å². The van der Waals surface area contributed by atoms with Crippen LogP contribution < -0.4 is 0 Å². The highest BCUT2D eigenvalue weighted by Crippen LogP contribution is 2.25. The lowest BCUT2D eigenvalue weighted by Gasteiger charge is -2.39. The van der Waals surface area contributed by atoms with Crippen LogP contribution in [-0.2, 0) is 4.74 Å². The molecule has 0 bridgehead atoms. The summed E-state index contributed by atoms with van der Waals surface area (Å²) in [6, 6.07) is 8.21. The molecule has 0 aliphatic carbocycles. The Morgan fingerprint density at radius 3 is 2.92 bits per heavy atom. The molecule has 0 saturated carbocycles. The molecule has 5 nitrogen and oxygen atoms in total. The van der Waals surface area contributed by atoms with Gasteiger partial charge < -0.3 is 9.64 Å². The fourth-order valence-electron chi connectivity index (χ4n) is 3.86. The number of amides is 1. The molecule has 0 unspecified atom stereocenters. The van der Waals surface area contributed by atoms with E-state index in [9.17, 15) is 4.79 Å². The Labute approximate surface area is 158 Å². The zero-order valence-electron chi connectivity index (χ0n) is 15.0. The maximum Gasteiger partial charge on any atom is 0.254 e. The fourth-order valence-corrected chi connectivity index (χ4v) is 4.49. The zero-order chi connectivity index (χ0) is 17.8. The minimum atomic E-state index is 0.154. The van der Waals surface area contributed by atoms with E-state index in [-0.39, 0.29) is 5.91 Å². The van der Waals surface area contributed by atoms with Crippen LogP contribution in [0.25, 0.3) is 10.6 Å². The second kappa shape index (κ2) is 8.29. The van der Waals surface area contributed by atoms with E-state index in [0.717, 1.165) is 68.4 Å². The summed E-state index contributed by atoms with van der Waals surface area (Å²) in [5, 5.41) is 2.93. The van der Waals surface area contributed by atoms with Gasteiger partial charge in [0.1, 0.15) is 5.01 Å². The van der Waals surface area contributed by atoms with Crippen molar-refractivity contribution in [2.45, 2.75) is 25.3 Å². The van der Waals surface area contributed by atoms with E-state index in [4.69, 9.17) is 4.74 Å². The molecule has 0 spiro atoms. The van der Waals surface area contributed by atoms with Gasteiger partial charge in [0, 0.05) is 54.9 Å². The predicted octanol–water partition coefficient (Wildman–Crippen LogP) is 3.14. The van der Waals surface area contributed by atoms with Gasteiger partial charge in [-0.05, 0) is 31.4 Å². The number of nitrogens with zero attached hydrogens (tertiary/aromatic N) is 3. The van der Waals surface area contributed by atoms with E-state index in [2.05, 4.69) is 14.8 Å². The molecule has 138 valence electrons. The molecule has 0 radical (unpaired) electrons. The molecule has 1 aromatic heterocycles. The Morgan fingerprint density at radius 2 is 2.12 bits per heavy atom. The van der Waals surface area contributed by atoms with Crippen molar-refractivity contribution in [2.24, 2.45) is 0 Å². The molecule has 2 aliphatic heterocycles. The number of rotatable bonds is 4. The van der Waals surface area contributed by atoms with E-state index in [1.54, 1.807) is 17.5 Å². The van der Waals surface area contributed by atoms with Crippen molar-refractivity contribution in [1.82, 2.24) is 14.8 Å². The van der Waals surface area contributed by atoms with Gasteiger partial charge in [-0.1, -0.05) is 12.1 Å². The number of benzene rings is 1. The van der Waals surface area contributed by atoms with Gasteiger partial charge in [0.25, 0.3) is 5.91 Å². The second-order valence-corrected chi connectivity index (χ2v) is 7.87. The normalized spacial score (nSPS) is 21.7. The van der Waals surface area contributed by atoms with Crippen LogP contribution in [0.4, 0.5) is 0 Å². The van der Waals surface area contributed by atoms with E-state index in [1.807, 2.05) is 29.6 Å². The quantitative estimate of drug-likeness (QED) is 0.828. The van der Waals surface area contributed by atoms with Crippen molar-refractivity contribution in [3.05, 3.63) is 41.4 Å². The number of piperidine rings is 1. The van der Waals surface area contributed by atoms with Crippen LogP contribution >= 0.6 is 11.3 Å². The van der Waals surface area contributed by atoms with Gasteiger partial charge >= 0.3 is 0 Å². The number of carbonyl (C=O) groups is 1. The van der Waals surface area contributed by atoms with Gasteiger partial charge in [0.15, 0.2) is 0 Å². The molecule has 0 N–H and O–H groups in total. The molecular formula is C20H25N3O2S. The number of likely N-dealkylation sites (tertiary alicyclic amines) is 1. The maximum absolute atomic E-state index is 13.2. The first kappa shape index (κ1) is 17.6. The third-order valence-electron chi connectivity index (χ3n) is 5.25. The standard InChI is InChI=1S/C20H25N3O2S/c24-20(17-5-3-4-16(14-17)19-21-7-13-26-19)23-8-2-1-6-18(23)15-22-9-11-25-12-10-22/h3-5,7,13-14,18H,1-2,6,8-12,15H2/t18-/m0/s1. The molecule has 26 heavy (non-hydrogen) atoms. The lowest BCUT2D eigenvalue weighted by molar-refractivity contribution is 0.0166. The molecule has 2 saturated heterocycles. The number of ether oxygens (including phenoxy) is 1. The summed E-state index contributed by atoms with van der Waals surface area (Å²) in [5.41, 5.74) is 1.79. The topological polar surface area (TPSA) is 45.7 Å². The first-order valence-electron chi connectivity index (χ1n) is 9.42. The van der Waals surface area contributed by atoms with E-state index in [0.29, 0.717) is 6.04 Å². The van der Waals surface area contributed by atoms with Crippen LogP contribution in [-0.4, -0.2) is 66.1 Å². The first-order valence-corrected chi connectivity index (χ1v) is 10.3. The highest BCUT2D eigenvalue weighted by molar-refractivity contribution is 7.13. The van der Waals surface area contributed by atoms with Crippen LogP contribution in [0.2, 0.25) is 0 Å². The average Bonchev–Trinajstić information content (AvgIpc) is 3.24. The van der Waals surface area contributed by atoms with Crippen molar-refractivity contribution in [3.8, 4) is 10.6 Å². The summed E-state index contributed by atoms with van der Waals surface area (Å²) >= 11 is 1.60. The molecule has 6 heteroatoms. The number of hydrogen-bond acceptors (Lipinski definition) is 5. The van der Waals surface area contributed by atoms with Gasteiger partial charge in [-0.25, -0.2) is 4.98 Å². The average molecular weight is 372 g/mol. The summed E-state index contributed by atoms with van der Waals surface area (Å²) in [6.45, 7) is 5.36. The van der Waals surface area contributed by atoms with Crippen LogP contribution in [0, 0.1) is 0 Å². The van der Waals surface area contributed by atoms with Crippen LogP contribution in [0.5, 0.6) is 0 Å². The Balaban J connectivity index is 1.50. The lowest BCUT2D eigenvalue weighted by Crippen LogP contribution is -2.51. The van der Waals surface area contributed by atoms with Crippen molar-refractivity contribution in [1.29, 1.82) is 0 Å². The van der Waals surface area contributed by atoms with Gasteiger partial charge in [0.05, 0.1) is 13.2 Å². The molecule has 1 aromatic carbocycles. The minimum Gasteiger partial charge on any atom is -0.379 e. The summed E-state index contributed by atoms with van der Waals surface area (Å²) in [7, 11) is 0. The SMILES string of the molecule is O=C(c1cccc(-c2nccs2)c1)N1CCCC[C@H]1CN1CCOCC1. The second-order valence-electron chi connectivity index (χ2n) is 6.98. The summed E-state index contributed by atoms with van der Waals surface area (Å²) in [6.07, 6.45) is 5.20. The number of hydrogen-bond donors (Lipinski definition) is 0. The van der Waals surface area contributed by atoms with Gasteiger partial charge in [-0.2, -0.15) is 0 Å². The maximum atomic E-state index is 13.2. The van der Waals surface area contributed by atoms with E-state index >= 15 is 0 Å². The first-order chi connectivity index (χ1) is 12.8. The molecule has 2 aromatic rings. The molecule has 1 amide bonds. The highest BCUT2D eigenvalue weighted by Gasteiger charge is 2.29. The van der Waals surface area contributed by atoms with Crippen molar-refractivity contribution < 1.29 is 9.53 Å². The third-order valence-corrected chi connectivity index (χ3v) is 6.07. The largest absolute Gasteiger partial charge is 0.379 e. The Bertz CT molecular complexity index is 728. The molecule has 1 atom stereocenters. The van der Waals surface area contributed by atoms with Crippen LogP contribution in [0.15, 0.2) is 35.8 Å². The smallest absolute Gasteiger partial charge is 0.254 e. The highest BCUT2D eigenvalue weighted by atomic mass is 32.1. The van der Waals surface area contributed by atoms with Gasteiger partial charge in [0.2, 0.25) is 0 Å². The van der Waals surface area contributed by atoms with Crippen LogP contribution in [0.3, 0.4) is 0 Å². The fraction of sp³-hybridized carbons (Fsp3) is 0.500. The zero-order valence-corrected chi connectivity index (χ0v) is 15.8. The lowest BCUT2D eigenvalue weighted by atomic mass is 9.99. The monoisotopic (exact) mass is 371 g/mol. The van der Waals surface area contributed by atoms with Crippen molar-refractivity contribution >= 4 is 17.2 Å². The van der Waals surface area contributed by atoms with Gasteiger partial charge in [-0.3, -0.25) is 9.69 Å². The third kappa shape index (κ3) is 3.98. The van der Waals surface area contributed by atoms with E-state index < -0.39 is 0 Å². The van der Waals surface area contributed by atoms with E-state index in [1.165, 1.54) is 6.42 Å². The minimum absolute atomic E-state index is 0.154. The number of morpholine rings is 1.